The molecule has 9 heteroatoms. The second-order valence-corrected chi connectivity index (χ2v) is 5.29. The molecule has 0 aromatic carbocycles. The van der Waals surface area contributed by atoms with Crippen LogP contribution >= 0.6 is 0 Å². The van der Waals surface area contributed by atoms with Gasteiger partial charge in [-0.05, 0) is 6.92 Å². The van der Waals surface area contributed by atoms with Gasteiger partial charge in [-0.3, -0.25) is 4.79 Å². The highest BCUT2D eigenvalue weighted by atomic mass is 16.5. The lowest BCUT2D eigenvalue weighted by atomic mass is 10.3. The fraction of sp³-hybridized carbons (Fsp3) is 0.692. The summed E-state index contributed by atoms with van der Waals surface area (Å²) in [5, 5.41) is 10.7. The van der Waals surface area contributed by atoms with Gasteiger partial charge in [0.25, 0.3) is 0 Å². The number of carbonyl (C=O) groups excluding carboxylic acids is 2. The Balaban J connectivity index is 1.89. The van der Waals surface area contributed by atoms with E-state index in [1.165, 1.54) is 4.90 Å². The molecular formula is C13H22N6O3. The first-order valence-corrected chi connectivity index (χ1v) is 7.19. The molecule has 1 aromatic rings. The molecule has 0 radical (unpaired) electrons. The number of hydrogen-bond donors (Lipinski definition) is 1. The van der Waals surface area contributed by atoms with E-state index in [4.69, 9.17) is 4.74 Å². The summed E-state index contributed by atoms with van der Waals surface area (Å²) in [6, 6.07) is -0.409. The predicted octanol–water partition coefficient (Wildman–Crippen LogP) is -0.531. The number of likely N-dealkylation sites (N-methyl/N-ethyl adjacent to an activating group) is 1. The van der Waals surface area contributed by atoms with Crippen LogP contribution in [0.25, 0.3) is 0 Å². The lowest BCUT2D eigenvalue weighted by Gasteiger charge is -2.18. The predicted molar refractivity (Wildman–Crippen MR) is 78.1 cm³/mol. The highest BCUT2D eigenvalue weighted by Crippen LogP contribution is 2.10. The summed E-state index contributed by atoms with van der Waals surface area (Å²) in [5.74, 6) is 0.452. The number of urea groups is 1. The maximum Gasteiger partial charge on any atom is 0.320 e. The van der Waals surface area contributed by atoms with Crippen LogP contribution in [0.15, 0.2) is 6.33 Å². The van der Waals surface area contributed by atoms with Gasteiger partial charge in [-0.15, -0.1) is 10.2 Å². The van der Waals surface area contributed by atoms with E-state index in [-0.39, 0.29) is 24.5 Å². The monoisotopic (exact) mass is 310 g/mol. The van der Waals surface area contributed by atoms with Gasteiger partial charge in [-0.1, -0.05) is 0 Å². The van der Waals surface area contributed by atoms with Crippen molar-refractivity contribution in [3.63, 3.8) is 0 Å². The van der Waals surface area contributed by atoms with E-state index in [0.29, 0.717) is 32.1 Å². The van der Waals surface area contributed by atoms with E-state index in [1.54, 1.807) is 25.4 Å². The van der Waals surface area contributed by atoms with Crippen LogP contribution in [0.2, 0.25) is 0 Å². The molecule has 1 aliphatic heterocycles. The summed E-state index contributed by atoms with van der Waals surface area (Å²) in [6.45, 7) is 4.27. The Hall–Kier alpha value is -2.16. The smallest absolute Gasteiger partial charge is 0.320 e. The molecule has 2 rings (SSSR count). The third kappa shape index (κ3) is 3.73. The summed E-state index contributed by atoms with van der Waals surface area (Å²) >= 11 is 0. The van der Waals surface area contributed by atoms with Gasteiger partial charge in [0.05, 0.1) is 12.6 Å². The van der Waals surface area contributed by atoms with Gasteiger partial charge < -0.3 is 24.4 Å². The molecule has 3 amide bonds. The van der Waals surface area contributed by atoms with Crippen LogP contribution in [0.1, 0.15) is 18.8 Å². The summed E-state index contributed by atoms with van der Waals surface area (Å²) in [4.78, 5) is 27.0. The quantitative estimate of drug-likeness (QED) is 0.731. The fourth-order valence-electron chi connectivity index (χ4n) is 2.34. The van der Waals surface area contributed by atoms with Crippen LogP contribution < -0.4 is 5.32 Å². The number of nitrogens with zero attached hydrogens (tertiary/aromatic N) is 5. The Morgan fingerprint density at radius 2 is 2.27 bits per heavy atom. The zero-order valence-corrected chi connectivity index (χ0v) is 13.2. The molecule has 9 nitrogen and oxygen atoms in total. The molecule has 1 atom stereocenters. The van der Waals surface area contributed by atoms with Crippen molar-refractivity contribution in [2.45, 2.75) is 19.5 Å². The average Bonchev–Trinajstić information content (AvgIpc) is 3.07. The van der Waals surface area contributed by atoms with Gasteiger partial charge >= 0.3 is 6.03 Å². The summed E-state index contributed by atoms with van der Waals surface area (Å²) in [6.07, 6.45) is 1.61. The summed E-state index contributed by atoms with van der Waals surface area (Å²) < 4.78 is 6.87. The Bertz CT molecular complexity index is 532. The molecule has 0 bridgehead atoms. The fourth-order valence-corrected chi connectivity index (χ4v) is 2.34. The Labute approximate surface area is 129 Å². The second-order valence-electron chi connectivity index (χ2n) is 5.29. The van der Waals surface area contributed by atoms with E-state index in [2.05, 4.69) is 15.5 Å². The van der Waals surface area contributed by atoms with Crippen molar-refractivity contribution >= 4 is 11.9 Å². The number of aromatic nitrogens is 3. The number of rotatable bonds is 7. The first-order valence-electron chi connectivity index (χ1n) is 7.19. The largest absolute Gasteiger partial charge is 0.383 e. The number of nitrogens with one attached hydrogen (secondary N) is 1. The first-order chi connectivity index (χ1) is 10.5. The zero-order valence-electron chi connectivity index (χ0n) is 13.2. The summed E-state index contributed by atoms with van der Waals surface area (Å²) in [5.41, 5.74) is 0. The third-order valence-corrected chi connectivity index (χ3v) is 3.58. The maximum atomic E-state index is 12.1. The highest BCUT2D eigenvalue weighted by molar-refractivity contribution is 5.85. The van der Waals surface area contributed by atoms with Gasteiger partial charge in [0, 0.05) is 33.8 Å². The molecule has 0 aliphatic carbocycles. The average molecular weight is 310 g/mol. The molecule has 0 spiro atoms. The van der Waals surface area contributed by atoms with E-state index in [0.717, 1.165) is 0 Å². The van der Waals surface area contributed by atoms with Crippen LogP contribution in [0, 0.1) is 0 Å². The van der Waals surface area contributed by atoms with Gasteiger partial charge in [-0.25, -0.2) is 4.79 Å². The molecule has 1 saturated heterocycles. The third-order valence-electron chi connectivity index (χ3n) is 3.58. The second kappa shape index (κ2) is 7.21. The van der Waals surface area contributed by atoms with Crippen molar-refractivity contribution in [3.8, 4) is 0 Å². The van der Waals surface area contributed by atoms with Crippen LogP contribution in [0.3, 0.4) is 0 Å². The van der Waals surface area contributed by atoms with E-state index >= 15 is 0 Å². The maximum absolute atomic E-state index is 12.1. The molecule has 1 unspecified atom stereocenters. The minimum atomic E-state index is -0.290. The zero-order chi connectivity index (χ0) is 16.1. The molecule has 1 N–H and O–H groups in total. The standard InChI is InChI=1S/C13H22N6O3/c1-10(12-16-14-9-19(12)6-7-22-3)15-11(20)8-18-5-4-17(2)13(18)21/h9-10H,4-8H2,1-3H3,(H,15,20). The Morgan fingerprint density at radius 3 is 2.91 bits per heavy atom. The van der Waals surface area contributed by atoms with Crippen molar-refractivity contribution in [1.29, 1.82) is 0 Å². The van der Waals surface area contributed by atoms with Crippen molar-refractivity contribution < 1.29 is 14.3 Å². The molecule has 2 heterocycles. The molecule has 1 fully saturated rings. The number of carbonyl (C=O) groups is 2. The van der Waals surface area contributed by atoms with Gasteiger partial charge in [-0.2, -0.15) is 0 Å². The van der Waals surface area contributed by atoms with Gasteiger partial charge in [0.2, 0.25) is 5.91 Å². The van der Waals surface area contributed by atoms with E-state index in [1.807, 2.05) is 11.5 Å². The van der Waals surface area contributed by atoms with Crippen molar-refractivity contribution in [3.05, 3.63) is 12.2 Å². The number of methoxy groups -OCH3 is 1. The van der Waals surface area contributed by atoms with Crippen molar-refractivity contribution in [1.82, 2.24) is 29.9 Å². The molecule has 22 heavy (non-hydrogen) atoms. The summed E-state index contributed by atoms with van der Waals surface area (Å²) in [7, 11) is 3.35. The normalized spacial score (nSPS) is 16.2. The number of amides is 3. The Morgan fingerprint density at radius 1 is 1.50 bits per heavy atom. The van der Waals surface area contributed by atoms with Crippen LogP contribution in [-0.2, 0) is 16.1 Å². The number of hydrogen-bond acceptors (Lipinski definition) is 5. The van der Waals surface area contributed by atoms with Crippen molar-refractivity contribution in [2.75, 3.05) is 40.4 Å². The molecule has 1 aliphatic rings. The Kier molecular flexibility index (Phi) is 5.31. The number of ether oxygens (including phenoxy) is 1. The molecule has 0 saturated carbocycles. The molecule has 122 valence electrons. The molecule has 1 aromatic heterocycles. The topological polar surface area (TPSA) is 92.6 Å². The van der Waals surface area contributed by atoms with Crippen LogP contribution in [-0.4, -0.2) is 76.9 Å². The van der Waals surface area contributed by atoms with E-state index in [9.17, 15) is 9.59 Å². The minimum Gasteiger partial charge on any atom is -0.383 e. The van der Waals surface area contributed by atoms with Gasteiger partial charge in [0.15, 0.2) is 5.82 Å². The highest BCUT2D eigenvalue weighted by Gasteiger charge is 2.27. The lowest BCUT2D eigenvalue weighted by Crippen LogP contribution is -2.40. The molecular weight excluding hydrogens is 288 g/mol. The SMILES string of the molecule is COCCn1cnnc1C(C)NC(=O)CN1CCN(C)C1=O. The van der Waals surface area contributed by atoms with E-state index < -0.39 is 0 Å². The lowest BCUT2D eigenvalue weighted by molar-refractivity contribution is -0.122. The minimum absolute atomic E-state index is 0.0553. The van der Waals surface area contributed by atoms with Crippen LogP contribution in [0.4, 0.5) is 4.79 Å². The first kappa shape index (κ1) is 16.2. The van der Waals surface area contributed by atoms with Crippen molar-refractivity contribution in [2.24, 2.45) is 0 Å². The van der Waals surface area contributed by atoms with Gasteiger partial charge in [0.1, 0.15) is 12.9 Å². The van der Waals surface area contributed by atoms with Crippen LogP contribution in [0.5, 0.6) is 0 Å².